The molecule has 0 unspecified atom stereocenters. The van der Waals surface area contributed by atoms with Gasteiger partial charge in [-0.1, -0.05) is 6.92 Å². The lowest BCUT2D eigenvalue weighted by Gasteiger charge is -2.24. The van der Waals surface area contributed by atoms with Crippen molar-refractivity contribution in [2.75, 3.05) is 11.1 Å². The lowest BCUT2D eigenvalue weighted by Crippen LogP contribution is -2.42. The largest absolute Gasteiger partial charge is 0.324 e. The summed E-state index contributed by atoms with van der Waals surface area (Å²) in [6.45, 7) is 5.59. The van der Waals surface area contributed by atoms with Crippen LogP contribution in [-0.4, -0.2) is 25.6 Å². The van der Waals surface area contributed by atoms with Gasteiger partial charge in [-0.2, -0.15) is 0 Å². The van der Waals surface area contributed by atoms with Crippen LogP contribution >= 0.6 is 11.8 Å². The van der Waals surface area contributed by atoms with Gasteiger partial charge in [0.05, 0.1) is 16.3 Å². The number of carbonyl (C=O) groups excluding carboxylic acids is 1. The molecule has 1 aromatic rings. The average molecular weight is 314 g/mol. The number of rotatable bonds is 4. The summed E-state index contributed by atoms with van der Waals surface area (Å²) in [6, 6.07) is 4.80. The Hall–Kier alpha value is -1.05. The van der Waals surface area contributed by atoms with E-state index in [4.69, 9.17) is 0 Å². The van der Waals surface area contributed by atoms with Gasteiger partial charge in [-0.3, -0.25) is 4.79 Å². The van der Waals surface area contributed by atoms with Crippen LogP contribution in [0, 0.1) is 0 Å². The van der Waals surface area contributed by atoms with Gasteiger partial charge in [0, 0.05) is 10.4 Å². The van der Waals surface area contributed by atoms with Crippen LogP contribution < -0.4 is 10.0 Å². The molecule has 5 nitrogen and oxygen atoms in total. The van der Waals surface area contributed by atoms with Crippen LogP contribution in [0.3, 0.4) is 0 Å². The molecule has 1 aliphatic rings. The average Bonchev–Trinajstić information content (AvgIpc) is 2.36. The number of sulfonamides is 1. The van der Waals surface area contributed by atoms with Gasteiger partial charge in [0.1, 0.15) is 0 Å². The molecule has 0 saturated heterocycles. The minimum absolute atomic E-state index is 0.112. The van der Waals surface area contributed by atoms with E-state index in [1.54, 1.807) is 12.1 Å². The summed E-state index contributed by atoms with van der Waals surface area (Å²) in [4.78, 5) is 12.4. The monoisotopic (exact) mass is 314 g/mol. The van der Waals surface area contributed by atoms with Crippen LogP contribution in [0.1, 0.15) is 27.2 Å². The highest BCUT2D eigenvalue weighted by Crippen LogP contribution is 2.33. The zero-order valence-electron chi connectivity index (χ0n) is 11.7. The Morgan fingerprint density at radius 1 is 1.40 bits per heavy atom. The molecule has 2 N–H and O–H groups in total. The van der Waals surface area contributed by atoms with Gasteiger partial charge in [-0.25, -0.2) is 13.1 Å². The third-order valence-electron chi connectivity index (χ3n) is 3.19. The number of thioether (sulfide) groups is 1. The van der Waals surface area contributed by atoms with Gasteiger partial charge in [-0.15, -0.1) is 11.8 Å². The second-order valence-corrected chi connectivity index (χ2v) is 8.04. The first-order chi connectivity index (χ1) is 9.23. The fraction of sp³-hybridized carbons (Fsp3) is 0.462. The normalized spacial score (nSPS) is 15.7. The third kappa shape index (κ3) is 3.34. The van der Waals surface area contributed by atoms with Gasteiger partial charge < -0.3 is 5.32 Å². The van der Waals surface area contributed by atoms with E-state index < -0.39 is 15.6 Å². The van der Waals surface area contributed by atoms with Crippen molar-refractivity contribution in [2.24, 2.45) is 0 Å². The van der Waals surface area contributed by atoms with E-state index >= 15 is 0 Å². The maximum atomic E-state index is 12.3. The molecule has 0 fully saturated rings. The maximum Gasteiger partial charge on any atom is 0.241 e. The molecule has 1 heterocycles. The molecular formula is C13H18N2O3S2. The fourth-order valence-corrected chi connectivity index (χ4v) is 4.02. The number of carbonyl (C=O) groups is 1. The first kappa shape index (κ1) is 15.3. The summed E-state index contributed by atoms with van der Waals surface area (Å²) < 4.78 is 27.4. The van der Waals surface area contributed by atoms with Crippen LogP contribution in [0.5, 0.6) is 0 Å². The molecule has 1 aromatic carbocycles. The molecule has 0 spiro atoms. The van der Waals surface area contributed by atoms with Crippen LogP contribution in [0.4, 0.5) is 5.69 Å². The van der Waals surface area contributed by atoms with Crippen molar-refractivity contribution >= 4 is 33.4 Å². The van der Waals surface area contributed by atoms with Crippen LogP contribution in [0.25, 0.3) is 0 Å². The Kier molecular flexibility index (Phi) is 4.13. The number of hydrogen-bond acceptors (Lipinski definition) is 4. The Morgan fingerprint density at radius 3 is 2.75 bits per heavy atom. The quantitative estimate of drug-likeness (QED) is 0.893. The molecular weight excluding hydrogens is 296 g/mol. The summed E-state index contributed by atoms with van der Waals surface area (Å²) in [5.74, 6) is 0.249. The zero-order valence-corrected chi connectivity index (χ0v) is 13.3. The van der Waals surface area contributed by atoms with Crippen molar-refractivity contribution in [3.63, 3.8) is 0 Å². The zero-order chi connectivity index (χ0) is 15.0. The lowest BCUT2D eigenvalue weighted by atomic mass is 10.0. The summed E-state index contributed by atoms with van der Waals surface area (Å²) in [7, 11) is -3.59. The number of anilines is 1. The number of benzene rings is 1. The Labute approximate surface area is 123 Å². The maximum absolute atomic E-state index is 12.3. The minimum atomic E-state index is -3.59. The summed E-state index contributed by atoms with van der Waals surface area (Å²) in [6.07, 6.45) is 0.684. The van der Waals surface area contributed by atoms with Crippen molar-refractivity contribution in [1.82, 2.24) is 4.72 Å². The van der Waals surface area contributed by atoms with Crippen LogP contribution in [0.2, 0.25) is 0 Å². The molecule has 7 heteroatoms. The highest BCUT2D eigenvalue weighted by molar-refractivity contribution is 8.00. The molecule has 20 heavy (non-hydrogen) atoms. The van der Waals surface area contributed by atoms with E-state index in [2.05, 4.69) is 10.0 Å². The van der Waals surface area contributed by atoms with E-state index in [-0.39, 0.29) is 10.8 Å². The number of nitrogens with one attached hydrogen (secondary N) is 2. The minimum Gasteiger partial charge on any atom is -0.324 e. The summed E-state index contributed by atoms with van der Waals surface area (Å²) in [5.41, 5.74) is 0.0515. The number of amides is 1. The molecule has 0 atom stereocenters. The number of hydrogen-bond donors (Lipinski definition) is 2. The van der Waals surface area contributed by atoms with Gasteiger partial charge in [0.2, 0.25) is 15.9 Å². The van der Waals surface area contributed by atoms with Crippen molar-refractivity contribution in [3.8, 4) is 0 Å². The topological polar surface area (TPSA) is 75.3 Å². The van der Waals surface area contributed by atoms with Gasteiger partial charge in [0.15, 0.2) is 0 Å². The highest BCUT2D eigenvalue weighted by atomic mass is 32.2. The molecule has 0 bridgehead atoms. The van der Waals surface area contributed by atoms with E-state index in [1.807, 2.05) is 20.8 Å². The highest BCUT2D eigenvalue weighted by Gasteiger charge is 2.26. The predicted molar refractivity (Wildman–Crippen MR) is 80.5 cm³/mol. The van der Waals surface area contributed by atoms with E-state index in [9.17, 15) is 13.2 Å². The second-order valence-electron chi connectivity index (χ2n) is 5.34. The molecule has 110 valence electrons. The van der Waals surface area contributed by atoms with Gasteiger partial charge in [-0.05, 0) is 38.5 Å². The predicted octanol–water partition coefficient (Wildman–Crippen LogP) is 2.20. The Morgan fingerprint density at radius 2 is 2.10 bits per heavy atom. The Balaban J connectivity index is 2.34. The van der Waals surface area contributed by atoms with Crippen LogP contribution in [0.15, 0.2) is 28.0 Å². The molecule has 2 rings (SSSR count). The summed E-state index contributed by atoms with van der Waals surface area (Å²) in [5, 5.41) is 2.70. The van der Waals surface area contributed by atoms with Gasteiger partial charge >= 0.3 is 0 Å². The third-order valence-corrected chi connectivity index (χ3v) is 5.96. The van der Waals surface area contributed by atoms with E-state index in [0.29, 0.717) is 17.9 Å². The molecule has 0 aliphatic carbocycles. The molecule has 0 aromatic heterocycles. The van der Waals surface area contributed by atoms with Crippen LogP contribution in [-0.2, 0) is 14.8 Å². The fourth-order valence-electron chi connectivity index (χ4n) is 1.72. The lowest BCUT2D eigenvalue weighted by molar-refractivity contribution is -0.113. The number of fused-ring (bicyclic) bond motifs is 1. The standard InChI is InChI=1S/C13H18N2O3S2/c1-4-13(2,3)15-20(17,18)9-5-6-11-10(7-9)14-12(16)8-19-11/h5-7,15H,4,8H2,1-3H3,(H,14,16). The van der Waals surface area contributed by atoms with E-state index in [1.165, 1.54) is 17.8 Å². The first-order valence-electron chi connectivity index (χ1n) is 6.34. The van der Waals surface area contributed by atoms with Crippen molar-refractivity contribution in [1.29, 1.82) is 0 Å². The molecule has 0 radical (unpaired) electrons. The van der Waals surface area contributed by atoms with Crippen molar-refractivity contribution in [3.05, 3.63) is 18.2 Å². The Bertz CT molecular complexity index is 639. The van der Waals surface area contributed by atoms with E-state index in [0.717, 1.165) is 4.90 Å². The van der Waals surface area contributed by atoms with Crippen molar-refractivity contribution < 1.29 is 13.2 Å². The molecule has 1 amide bonds. The second kappa shape index (κ2) is 5.38. The SMILES string of the molecule is CCC(C)(C)NS(=O)(=O)c1ccc2c(c1)NC(=O)CS2. The summed E-state index contributed by atoms with van der Waals surface area (Å²) >= 11 is 1.41. The molecule has 1 aliphatic heterocycles. The van der Waals surface area contributed by atoms with Crippen molar-refractivity contribution in [2.45, 2.75) is 42.5 Å². The van der Waals surface area contributed by atoms with Gasteiger partial charge in [0.25, 0.3) is 0 Å². The molecule has 0 saturated carbocycles. The first-order valence-corrected chi connectivity index (χ1v) is 8.81. The smallest absolute Gasteiger partial charge is 0.241 e.